The molecule has 9 heteroatoms. The number of hydrogen-bond donors (Lipinski definition) is 2. The Morgan fingerprint density at radius 1 is 1.19 bits per heavy atom. The summed E-state index contributed by atoms with van der Waals surface area (Å²) in [6.45, 7) is 1.64. The fraction of sp³-hybridized carbons (Fsp3) is 0.176. The molecule has 0 fully saturated rings. The second-order valence-corrected chi connectivity index (χ2v) is 7.63. The Hall–Kier alpha value is -2.29. The third-order valence-electron chi connectivity index (χ3n) is 3.66. The van der Waals surface area contributed by atoms with Gasteiger partial charge in [0, 0.05) is 6.42 Å². The standard InChI is InChI=1S/C17H16ClFN2O4S/c1-10(12-3-5-13(6-4-12)26(20,24)25)21-17(23)16(22)9-11-2-7-14(18)15(19)8-11/h2-8,10H,9H2,1H3,(H,21,23)(H2,20,24,25). The molecule has 1 unspecified atom stereocenters. The number of carbonyl (C=O) groups is 2. The smallest absolute Gasteiger partial charge is 0.288 e. The molecule has 0 spiro atoms. The van der Waals surface area contributed by atoms with Gasteiger partial charge < -0.3 is 5.32 Å². The van der Waals surface area contributed by atoms with E-state index in [4.69, 9.17) is 16.7 Å². The molecule has 0 saturated carbocycles. The van der Waals surface area contributed by atoms with Crippen molar-refractivity contribution in [1.29, 1.82) is 0 Å². The zero-order valence-corrected chi connectivity index (χ0v) is 15.3. The Labute approximate surface area is 155 Å². The fourth-order valence-corrected chi connectivity index (χ4v) is 2.85. The Balaban J connectivity index is 2.01. The summed E-state index contributed by atoms with van der Waals surface area (Å²) in [6.07, 6.45) is -0.267. The van der Waals surface area contributed by atoms with Gasteiger partial charge in [0.05, 0.1) is 16.0 Å². The summed E-state index contributed by atoms with van der Waals surface area (Å²) in [7, 11) is -3.80. The molecule has 2 rings (SSSR count). The minimum atomic E-state index is -3.80. The van der Waals surface area contributed by atoms with Crippen LogP contribution in [0.4, 0.5) is 4.39 Å². The van der Waals surface area contributed by atoms with E-state index in [1.807, 2.05) is 0 Å². The highest BCUT2D eigenvalue weighted by atomic mass is 35.5. The minimum absolute atomic E-state index is 0.0550. The predicted octanol–water partition coefficient (Wildman–Crippen LogP) is 2.12. The molecule has 2 aromatic rings. The summed E-state index contributed by atoms with van der Waals surface area (Å²) >= 11 is 5.57. The highest BCUT2D eigenvalue weighted by molar-refractivity contribution is 7.89. The quantitative estimate of drug-likeness (QED) is 0.727. The number of benzene rings is 2. The maximum atomic E-state index is 13.4. The molecule has 0 bridgehead atoms. The van der Waals surface area contributed by atoms with Crippen LogP contribution in [0.25, 0.3) is 0 Å². The summed E-state index contributed by atoms with van der Waals surface area (Å²) in [5, 5.41) is 7.46. The zero-order valence-electron chi connectivity index (χ0n) is 13.7. The van der Waals surface area contributed by atoms with Crippen molar-refractivity contribution < 1.29 is 22.4 Å². The van der Waals surface area contributed by atoms with Crippen molar-refractivity contribution in [1.82, 2.24) is 5.32 Å². The lowest BCUT2D eigenvalue weighted by molar-refractivity contribution is -0.137. The van der Waals surface area contributed by atoms with Crippen molar-refractivity contribution in [3.05, 3.63) is 64.4 Å². The van der Waals surface area contributed by atoms with Crippen LogP contribution in [0.5, 0.6) is 0 Å². The molecule has 0 aliphatic carbocycles. The SMILES string of the molecule is CC(NC(=O)C(=O)Cc1ccc(Cl)c(F)c1)c1ccc(S(N)(=O)=O)cc1. The largest absolute Gasteiger partial charge is 0.343 e. The van der Waals surface area contributed by atoms with E-state index in [0.717, 1.165) is 6.07 Å². The molecule has 2 aromatic carbocycles. The van der Waals surface area contributed by atoms with Crippen molar-refractivity contribution in [2.24, 2.45) is 5.14 Å². The third-order valence-corrected chi connectivity index (χ3v) is 4.89. The van der Waals surface area contributed by atoms with E-state index in [9.17, 15) is 22.4 Å². The maximum absolute atomic E-state index is 13.4. The van der Waals surface area contributed by atoms with Gasteiger partial charge in [-0.25, -0.2) is 17.9 Å². The first-order valence-electron chi connectivity index (χ1n) is 7.48. The average molecular weight is 399 g/mol. The minimum Gasteiger partial charge on any atom is -0.343 e. The number of hydrogen-bond acceptors (Lipinski definition) is 4. The first kappa shape index (κ1) is 20.0. The molecule has 0 heterocycles. The number of ketones is 1. The first-order valence-corrected chi connectivity index (χ1v) is 9.40. The Morgan fingerprint density at radius 3 is 2.35 bits per heavy atom. The van der Waals surface area contributed by atoms with Gasteiger partial charge in [0.1, 0.15) is 5.82 Å². The van der Waals surface area contributed by atoms with Crippen LogP contribution in [0.15, 0.2) is 47.4 Å². The lowest BCUT2D eigenvalue weighted by atomic mass is 10.1. The number of sulfonamides is 1. The van der Waals surface area contributed by atoms with Gasteiger partial charge in [0.15, 0.2) is 0 Å². The summed E-state index contributed by atoms with van der Waals surface area (Å²) in [4.78, 5) is 24.0. The van der Waals surface area contributed by atoms with Crippen LogP contribution in [-0.4, -0.2) is 20.1 Å². The number of carbonyl (C=O) groups excluding carboxylic acids is 2. The topological polar surface area (TPSA) is 106 Å². The molecule has 0 saturated heterocycles. The van der Waals surface area contributed by atoms with E-state index in [-0.39, 0.29) is 16.3 Å². The van der Waals surface area contributed by atoms with Crippen LogP contribution in [0.2, 0.25) is 5.02 Å². The first-order chi connectivity index (χ1) is 12.1. The van der Waals surface area contributed by atoms with Crippen LogP contribution in [0.1, 0.15) is 24.1 Å². The molecule has 1 amide bonds. The summed E-state index contributed by atoms with van der Waals surface area (Å²) in [5.74, 6) is -2.23. The van der Waals surface area contributed by atoms with Crippen molar-refractivity contribution in [3.63, 3.8) is 0 Å². The molecule has 26 heavy (non-hydrogen) atoms. The number of halogens is 2. The Kier molecular flexibility index (Phi) is 6.12. The number of nitrogens with two attached hydrogens (primary N) is 1. The monoisotopic (exact) mass is 398 g/mol. The van der Waals surface area contributed by atoms with Crippen LogP contribution in [0, 0.1) is 5.82 Å². The van der Waals surface area contributed by atoms with Crippen molar-refractivity contribution in [2.75, 3.05) is 0 Å². The summed E-state index contributed by atoms with van der Waals surface area (Å²) < 4.78 is 35.8. The maximum Gasteiger partial charge on any atom is 0.288 e. The molecule has 6 nitrogen and oxygen atoms in total. The second kappa shape index (κ2) is 7.94. The van der Waals surface area contributed by atoms with E-state index >= 15 is 0 Å². The predicted molar refractivity (Wildman–Crippen MR) is 94.5 cm³/mol. The number of rotatable bonds is 6. The lowest BCUT2D eigenvalue weighted by Gasteiger charge is -2.14. The van der Waals surface area contributed by atoms with Gasteiger partial charge in [-0.2, -0.15) is 0 Å². The lowest BCUT2D eigenvalue weighted by Crippen LogP contribution is -2.34. The normalized spacial score (nSPS) is 12.5. The van der Waals surface area contributed by atoms with Crippen LogP contribution in [-0.2, 0) is 26.0 Å². The fourth-order valence-electron chi connectivity index (χ4n) is 2.22. The molecular formula is C17H16ClFN2O4S. The van der Waals surface area contributed by atoms with E-state index in [1.54, 1.807) is 6.92 Å². The summed E-state index contributed by atoms with van der Waals surface area (Å²) in [5.41, 5.74) is 0.924. The Bertz CT molecular complexity index is 946. The van der Waals surface area contributed by atoms with Crippen LogP contribution in [0.3, 0.4) is 0 Å². The van der Waals surface area contributed by atoms with Gasteiger partial charge in [-0.1, -0.05) is 29.8 Å². The van der Waals surface area contributed by atoms with E-state index in [2.05, 4.69) is 5.32 Å². The number of amides is 1. The molecule has 0 aromatic heterocycles. The number of Topliss-reactive ketones (excluding diaryl/α,β-unsaturated/α-hetero) is 1. The van der Waals surface area contributed by atoms with Crippen molar-refractivity contribution in [2.45, 2.75) is 24.3 Å². The number of nitrogens with one attached hydrogen (secondary N) is 1. The van der Waals surface area contributed by atoms with Crippen LogP contribution < -0.4 is 10.5 Å². The highest BCUT2D eigenvalue weighted by Crippen LogP contribution is 2.17. The van der Waals surface area contributed by atoms with Gasteiger partial charge in [0.2, 0.25) is 15.8 Å². The molecule has 0 aliphatic rings. The van der Waals surface area contributed by atoms with E-state index in [1.165, 1.54) is 36.4 Å². The van der Waals surface area contributed by atoms with E-state index < -0.39 is 33.6 Å². The molecule has 138 valence electrons. The van der Waals surface area contributed by atoms with Gasteiger partial charge >= 0.3 is 0 Å². The van der Waals surface area contributed by atoms with Gasteiger partial charge in [-0.15, -0.1) is 0 Å². The molecule has 3 N–H and O–H groups in total. The molecule has 0 radical (unpaired) electrons. The molecule has 1 atom stereocenters. The van der Waals surface area contributed by atoms with Gasteiger partial charge in [-0.05, 0) is 42.3 Å². The van der Waals surface area contributed by atoms with Gasteiger partial charge in [-0.3, -0.25) is 9.59 Å². The number of primary sulfonamides is 1. The van der Waals surface area contributed by atoms with E-state index in [0.29, 0.717) is 11.1 Å². The van der Waals surface area contributed by atoms with Gasteiger partial charge in [0.25, 0.3) is 5.91 Å². The summed E-state index contributed by atoms with van der Waals surface area (Å²) in [6, 6.07) is 8.94. The van der Waals surface area contributed by atoms with Crippen LogP contribution >= 0.6 is 11.6 Å². The van der Waals surface area contributed by atoms with Crippen molar-refractivity contribution >= 4 is 33.3 Å². The Morgan fingerprint density at radius 2 is 1.81 bits per heavy atom. The molecule has 0 aliphatic heterocycles. The zero-order chi connectivity index (χ0) is 19.5. The third kappa shape index (κ3) is 5.10. The second-order valence-electron chi connectivity index (χ2n) is 5.66. The van der Waals surface area contributed by atoms with Crippen molar-refractivity contribution in [3.8, 4) is 0 Å². The highest BCUT2D eigenvalue weighted by Gasteiger charge is 2.18. The molecular weight excluding hydrogens is 383 g/mol. The average Bonchev–Trinajstić information content (AvgIpc) is 2.57.